The van der Waals surface area contributed by atoms with E-state index in [0.29, 0.717) is 12.0 Å². The first-order chi connectivity index (χ1) is 50.8. The van der Waals surface area contributed by atoms with E-state index in [1.807, 2.05) is 210 Å². The zero-order valence-corrected chi connectivity index (χ0v) is 110. The van der Waals surface area contributed by atoms with Gasteiger partial charge < -0.3 is 118 Å². The van der Waals surface area contributed by atoms with Gasteiger partial charge in [0.05, 0.1) is 13.2 Å². The first kappa shape index (κ1) is 120. The summed E-state index contributed by atoms with van der Waals surface area (Å²) < 4.78 is 183. The molecule has 0 aliphatic rings. The van der Waals surface area contributed by atoms with Crippen molar-refractivity contribution in [1.29, 1.82) is 0 Å². The van der Waals surface area contributed by atoms with Crippen molar-refractivity contribution in [1.82, 2.24) is 5.32 Å². The molecule has 0 unspecified atom stereocenters. The van der Waals surface area contributed by atoms with E-state index < -0.39 is 236 Å². The summed E-state index contributed by atoms with van der Waals surface area (Å²) in [5.41, 5.74) is 0.293. The fourth-order valence-electron chi connectivity index (χ4n) is 16.3. The van der Waals surface area contributed by atoms with E-state index in [1.54, 1.807) is 6.92 Å². The normalized spacial score (nSPS) is 15.6. The topological polar surface area (TPSA) is 295 Å². The lowest BCUT2D eigenvalue weighted by Crippen LogP contribution is -2.63. The summed E-state index contributed by atoms with van der Waals surface area (Å²) in [6.07, 6.45) is 0.0521. The standard InChI is InChI=1S/C61H171NO29Si26/c1-59(2)60(63)65-57-55-62-61(64)66-56-54-58-93(4,5)68-95(8,9)70-97(12,13)72-99(16,17)74-101(20,21)76-103(24,25)78-105(28,29)80-107(32,33)82-109(36,37)84-111(40,41)86-113(44,45)88-115(48,49)90-117(52,53)91-116(50,51)89-114(46,47)87-112(42,43)85-110(38,39)83-108(34,35)81-106(30,31)79-104(26,27)77-102(22,23)75-100(18,19)73-98(14,15)71-96(10,11)69-94(6,7)67-92-3/h1,54-58,92H2,2-53H3,(H,62,64). The zero-order valence-electron chi connectivity index (χ0n) is 83.3. The third kappa shape index (κ3) is 56.5. The molecule has 698 valence electrons. The lowest BCUT2D eigenvalue weighted by Gasteiger charge is -2.45. The van der Waals surface area contributed by atoms with Crippen LogP contribution in [0.15, 0.2) is 12.2 Å². The SMILES string of the molecule is C=C(C)C(=O)OCCNC(=O)OCCC[Si](C)(C)O[Si](C)(C)O[Si](C)(C)O[Si](C)(C)O[Si](C)(C)O[Si](C)(C)O[Si](C)(C)O[Si](C)(C)O[Si](C)(C)O[Si](C)(C)O[Si](C)(C)O[Si](C)(C)O[Si](C)(C)O[Si](C)(C)O[Si](C)(C)O[Si](C)(C)O[Si](C)(C)O[Si](C)(C)O[Si](C)(C)O[Si](C)(C)O[Si](C)(C)O[Si](C)(C)O[Si](C)(C)O[Si](C)(C)O[Si](C)(C)O[SiH2]C. The van der Waals surface area contributed by atoms with Crippen molar-refractivity contribution in [2.45, 2.75) is 353 Å². The Labute approximate surface area is 741 Å². The molecule has 0 saturated heterocycles. The number of hydrogen-bond acceptors (Lipinski definition) is 29. The molecule has 30 nitrogen and oxygen atoms in total. The van der Waals surface area contributed by atoms with Crippen molar-refractivity contribution in [2.75, 3.05) is 19.8 Å². The van der Waals surface area contributed by atoms with Gasteiger partial charge in [-0.2, -0.15) is 0 Å². The number of esters is 1. The van der Waals surface area contributed by atoms with Crippen LogP contribution >= 0.6 is 0 Å². The van der Waals surface area contributed by atoms with Gasteiger partial charge in [0.2, 0.25) is 0 Å². The highest BCUT2D eigenvalue weighted by Gasteiger charge is 2.57. The molecule has 0 fully saturated rings. The first-order valence-electron chi connectivity index (χ1n) is 41.0. The summed E-state index contributed by atoms with van der Waals surface area (Å²) >= 11 is 0. The third-order valence-electron chi connectivity index (χ3n) is 14.4. The highest BCUT2D eigenvalue weighted by atomic mass is 28.6. The highest BCUT2D eigenvalue weighted by molar-refractivity contribution is 6.98. The molecule has 0 aromatic heterocycles. The van der Waals surface area contributed by atoms with E-state index >= 15 is 0 Å². The van der Waals surface area contributed by atoms with Gasteiger partial charge in [-0.3, -0.25) is 0 Å². The maximum Gasteiger partial charge on any atom is 0.407 e. The monoisotopic (exact) mass is 2110 g/mol. The lowest BCUT2D eigenvalue weighted by atomic mass is 10.4. The van der Waals surface area contributed by atoms with Gasteiger partial charge in [0, 0.05) is 5.57 Å². The Bertz CT molecular complexity index is 3150. The largest absolute Gasteiger partial charge is 0.460 e. The second-order valence-corrected chi connectivity index (χ2v) is 134. The molecule has 0 radical (unpaired) electrons. The molecule has 1 N–H and O–H groups in total. The molecule has 0 aromatic carbocycles. The maximum atomic E-state index is 12.2. The van der Waals surface area contributed by atoms with E-state index in [9.17, 15) is 9.59 Å². The molecule has 0 aliphatic carbocycles. The number of ether oxygens (including phenoxy) is 2. The molecule has 117 heavy (non-hydrogen) atoms. The van der Waals surface area contributed by atoms with Crippen LogP contribution in [0.4, 0.5) is 4.79 Å². The minimum Gasteiger partial charge on any atom is -0.460 e. The van der Waals surface area contributed by atoms with Gasteiger partial charge in [0.25, 0.3) is 0 Å². The van der Waals surface area contributed by atoms with Gasteiger partial charge in [0.1, 0.15) is 16.4 Å². The summed E-state index contributed by atoms with van der Waals surface area (Å²) in [6, 6.07) is 0.752. The summed E-state index contributed by atoms with van der Waals surface area (Å²) in [6.45, 7) is 110. The maximum absolute atomic E-state index is 12.2. The van der Waals surface area contributed by atoms with Crippen LogP contribution in [0.5, 0.6) is 0 Å². The molecule has 0 spiro atoms. The molecule has 0 heterocycles. The number of alkyl carbamates (subject to hydrolysis) is 1. The molecule has 56 heteroatoms. The minimum atomic E-state index is -2.94. The van der Waals surface area contributed by atoms with Crippen LogP contribution < -0.4 is 5.32 Å². The fourth-order valence-corrected chi connectivity index (χ4v) is 148. The predicted octanol–water partition coefficient (Wildman–Crippen LogP) is 18.8. The number of nitrogens with one attached hydrogen (secondary N) is 1. The minimum absolute atomic E-state index is 0.0284. The van der Waals surface area contributed by atoms with Crippen molar-refractivity contribution >= 4 is 236 Å². The average Bonchev–Trinajstić information content (AvgIpc) is 0.801. The Hall–Kier alpha value is 3.12. The smallest absolute Gasteiger partial charge is 0.407 e. The van der Waals surface area contributed by atoms with Gasteiger partial charge >= 0.3 is 218 Å². The number of hydrogen-bond donors (Lipinski definition) is 1. The van der Waals surface area contributed by atoms with Gasteiger partial charge in [-0.15, -0.1) is 0 Å². The predicted molar refractivity (Wildman–Crippen MR) is 533 cm³/mol. The van der Waals surface area contributed by atoms with E-state index in [0.717, 1.165) is 6.04 Å². The quantitative estimate of drug-likeness (QED) is 0.0256. The Balaban J connectivity index is 5.84. The summed E-state index contributed by atoms with van der Waals surface area (Å²) in [5, 5.41) is 2.59. The van der Waals surface area contributed by atoms with Crippen LogP contribution in [0, 0.1) is 0 Å². The number of rotatable bonds is 58. The molecule has 0 bridgehead atoms. The molecular formula is C61H171NO29Si26. The molecule has 0 aromatic rings. The van der Waals surface area contributed by atoms with E-state index in [-0.39, 0.29) is 19.8 Å². The van der Waals surface area contributed by atoms with Gasteiger partial charge in [-0.05, 0) is 347 Å². The zero-order chi connectivity index (χ0) is 93.3. The number of amides is 1. The van der Waals surface area contributed by atoms with Crippen LogP contribution in [0.25, 0.3) is 0 Å². The van der Waals surface area contributed by atoms with E-state index in [2.05, 4.69) is 136 Å². The number of carbonyl (C=O) groups is 2. The number of carbonyl (C=O) groups excluding carboxylic acids is 2. The van der Waals surface area contributed by atoms with Gasteiger partial charge in [-0.1, -0.05) is 13.1 Å². The highest BCUT2D eigenvalue weighted by Crippen LogP contribution is 2.37. The lowest BCUT2D eigenvalue weighted by molar-refractivity contribution is -0.138. The van der Waals surface area contributed by atoms with Crippen molar-refractivity contribution in [3.8, 4) is 0 Å². The van der Waals surface area contributed by atoms with Crippen LogP contribution in [0.3, 0.4) is 0 Å². The third-order valence-corrected chi connectivity index (χ3v) is 115. The van der Waals surface area contributed by atoms with Gasteiger partial charge in [0.15, 0.2) is 8.32 Å². The summed E-state index contributed by atoms with van der Waals surface area (Å²) in [7, 11) is -71.1. The average molecular weight is 2110 g/mol. The first-order valence-corrected chi connectivity index (χ1v) is 114. The Morgan fingerprint density at radius 3 is 0.547 bits per heavy atom. The molecule has 0 rings (SSSR count). The Morgan fingerprint density at radius 1 is 0.239 bits per heavy atom. The van der Waals surface area contributed by atoms with Crippen molar-refractivity contribution in [3.63, 3.8) is 0 Å². The van der Waals surface area contributed by atoms with Crippen LogP contribution in [0.1, 0.15) is 13.3 Å². The summed E-state index contributed by atoms with van der Waals surface area (Å²) in [5.74, 6) is -0.507. The molecular weight excluding hydrogens is 1940 g/mol. The molecule has 0 atom stereocenters. The van der Waals surface area contributed by atoms with Crippen molar-refractivity contribution < 1.29 is 122 Å². The Morgan fingerprint density at radius 2 is 0.393 bits per heavy atom. The Kier molecular flexibility index (Phi) is 44.4. The van der Waals surface area contributed by atoms with Crippen LogP contribution in [-0.4, -0.2) is 255 Å². The van der Waals surface area contributed by atoms with Gasteiger partial charge in [-0.25, -0.2) is 9.59 Å². The second kappa shape index (κ2) is 43.2. The van der Waals surface area contributed by atoms with E-state index in [1.165, 1.54) is 0 Å². The second-order valence-electron chi connectivity index (χ2n) is 41.3. The molecule has 0 saturated carbocycles. The fraction of sp³-hybridized carbons (Fsp3) is 0.934. The van der Waals surface area contributed by atoms with Crippen LogP contribution in [0.2, 0.25) is 340 Å². The van der Waals surface area contributed by atoms with Crippen molar-refractivity contribution in [2.24, 2.45) is 0 Å². The van der Waals surface area contributed by atoms with E-state index in [4.69, 9.17) is 112 Å². The van der Waals surface area contributed by atoms with Crippen LogP contribution in [-0.2, 0) is 117 Å². The van der Waals surface area contributed by atoms with Crippen molar-refractivity contribution in [3.05, 3.63) is 12.2 Å². The summed E-state index contributed by atoms with van der Waals surface area (Å²) in [4.78, 5) is 23.8. The molecule has 1 amide bonds. The molecule has 0 aliphatic heterocycles.